The third-order valence-corrected chi connectivity index (χ3v) is 2.70. The van der Waals surface area contributed by atoms with E-state index in [1.165, 1.54) is 6.42 Å². The summed E-state index contributed by atoms with van der Waals surface area (Å²) in [5.41, 5.74) is 6.16. The number of nitrogen functional groups attached to an aromatic ring is 1. The van der Waals surface area contributed by atoms with Gasteiger partial charge in [0.15, 0.2) is 0 Å². The molecule has 1 fully saturated rings. The van der Waals surface area contributed by atoms with Crippen LogP contribution in [0.4, 0.5) is 11.6 Å². The molecule has 0 amide bonds. The molecule has 4 nitrogen and oxygen atoms in total. The molecule has 0 aromatic carbocycles. The van der Waals surface area contributed by atoms with Gasteiger partial charge in [-0.25, -0.2) is 9.97 Å². The predicted octanol–water partition coefficient (Wildman–Crippen LogP) is 1.29. The summed E-state index contributed by atoms with van der Waals surface area (Å²) in [6, 6.07) is 0.536. The highest BCUT2D eigenvalue weighted by Crippen LogP contribution is 2.25. The molecule has 2 rings (SSSR count). The van der Waals surface area contributed by atoms with Gasteiger partial charge in [-0.2, -0.15) is 0 Å². The van der Waals surface area contributed by atoms with Gasteiger partial charge in [0.05, 0.1) is 18.1 Å². The van der Waals surface area contributed by atoms with Crippen molar-refractivity contribution in [3.63, 3.8) is 0 Å². The maximum atomic E-state index is 5.54. The molecule has 0 aliphatic carbocycles. The molecule has 0 bridgehead atoms. The van der Waals surface area contributed by atoms with Crippen molar-refractivity contribution in [3.8, 4) is 0 Å². The SMILES string of the molecule is CC1CC(C)N(c2ncc(N)cn2)C1. The smallest absolute Gasteiger partial charge is 0.225 e. The molecule has 1 aliphatic rings. The highest BCUT2D eigenvalue weighted by atomic mass is 15.3. The number of hydrogen-bond donors (Lipinski definition) is 1. The summed E-state index contributed by atoms with van der Waals surface area (Å²) in [5.74, 6) is 1.53. The van der Waals surface area contributed by atoms with Crippen LogP contribution in [0.25, 0.3) is 0 Å². The van der Waals surface area contributed by atoms with E-state index in [9.17, 15) is 0 Å². The van der Waals surface area contributed by atoms with Gasteiger partial charge in [0.1, 0.15) is 0 Å². The molecule has 0 spiro atoms. The lowest BCUT2D eigenvalue weighted by atomic mass is 10.1. The molecule has 2 N–H and O–H groups in total. The van der Waals surface area contributed by atoms with Gasteiger partial charge in [0.25, 0.3) is 0 Å². The molecule has 1 aromatic heterocycles. The maximum Gasteiger partial charge on any atom is 0.225 e. The summed E-state index contributed by atoms with van der Waals surface area (Å²) in [6.07, 6.45) is 4.55. The monoisotopic (exact) mass is 192 g/mol. The van der Waals surface area contributed by atoms with Crippen molar-refractivity contribution in [2.75, 3.05) is 17.2 Å². The van der Waals surface area contributed by atoms with Crippen LogP contribution < -0.4 is 10.6 Å². The fraction of sp³-hybridized carbons (Fsp3) is 0.600. The van der Waals surface area contributed by atoms with Crippen LogP contribution in [0.3, 0.4) is 0 Å². The van der Waals surface area contributed by atoms with Gasteiger partial charge in [0.2, 0.25) is 5.95 Å². The minimum Gasteiger partial charge on any atom is -0.396 e. The summed E-state index contributed by atoms with van der Waals surface area (Å²) >= 11 is 0. The van der Waals surface area contributed by atoms with Crippen LogP contribution in [-0.2, 0) is 0 Å². The minimum absolute atomic E-state index is 0.536. The number of nitrogens with two attached hydrogens (primary N) is 1. The summed E-state index contributed by atoms with van der Waals surface area (Å²) < 4.78 is 0. The Hall–Kier alpha value is -1.32. The quantitative estimate of drug-likeness (QED) is 0.728. The second kappa shape index (κ2) is 3.44. The lowest BCUT2D eigenvalue weighted by Crippen LogP contribution is -2.28. The van der Waals surface area contributed by atoms with Crippen LogP contribution in [0.5, 0.6) is 0 Å². The molecular weight excluding hydrogens is 176 g/mol. The Morgan fingerprint density at radius 1 is 1.36 bits per heavy atom. The van der Waals surface area contributed by atoms with Crippen LogP contribution >= 0.6 is 0 Å². The molecule has 76 valence electrons. The second-order valence-corrected chi connectivity index (χ2v) is 4.16. The van der Waals surface area contributed by atoms with Crippen LogP contribution in [0.2, 0.25) is 0 Å². The van der Waals surface area contributed by atoms with E-state index in [1.54, 1.807) is 12.4 Å². The molecule has 1 saturated heterocycles. The number of rotatable bonds is 1. The minimum atomic E-state index is 0.536. The molecule has 2 atom stereocenters. The third-order valence-electron chi connectivity index (χ3n) is 2.70. The van der Waals surface area contributed by atoms with E-state index >= 15 is 0 Å². The fourth-order valence-corrected chi connectivity index (χ4v) is 2.06. The predicted molar refractivity (Wildman–Crippen MR) is 57.0 cm³/mol. The average molecular weight is 192 g/mol. The van der Waals surface area contributed by atoms with Crippen molar-refractivity contribution in [1.82, 2.24) is 9.97 Å². The maximum absolute atomic E-state index is 5.54. The van der Waals surface area contributed by atoms with Crippen molar-refractivity contribution in [2.24, 2.45) is 5.92 Å². The molecule has 0 saturated carbocycles. The van der Waals surface area contributed by atoms with E-state index in [-0.39, 0.29) is 0 Å². The standard InChI is InChI=1S/C10H16N4/c1-7-3-8(2)14(6-7)10-12-4-9(11)5-13-10/h4-5,7-8H,3,6,11H2,1-2H3. The second-order valence-electron chi connectivity index (χ2n) is 4.16. The van der Waals surface area contributed by atoms with Crippen molar-refractivity contribution in [1.29, 1.82) is 0 Å². The van der Waals surface area contributed by atoms with E-state index in [2.05, 4.69) is 28.7 Å². The van der Waals surface area contributed by atoms with Gasteiger partial charge < -0.3 is 10.6 Å². The number of hydrogen-bond acceptors (Lipinski definition) is 4. The lowest BCUT2D eigenvalue weighted by molar-refractivity contribution is 0.624. The largest absolute Gasteiger partial charge is 0.396 e. The van der Waals surface area contributed by atoms with Crippen molar-refractivity contribution in [2.45, 2.75) is 26.3 Å². The summed E-state index contributed by atoms with van der Waals surface area (Å²) in [5, 5.41) is 0. The van der Waals surface area contributed by atoms with E-state index in [0.29, 0.717) is 11.7 Å². The van der Waals surface area contributed by atoms with Crippen LogP contribution in [0.15, 0.2) is 12.4 Å². The summed E-state index contributed by atoms with van der Waals surface area (Å²) in [4.78, 5) is 10.7. The van der Waals surface area contributed by atoms with Crippen LogP contribution in [0.1, 0.15) is 20.3 Å². The zero-order chi connectivity index (χ0) is 10.1. The van der Waals surface area contributed by atoms with E-state index in [0.717, 1.165) is 18.4 Å². The molecule has 1 aromatic rings. The Balaban J connectivity index is 2.19. The van der Waals surface area contributed by atoms with Gasteiger partial charge in [-0.15, -0.1) is 0 Å². The first kappa shape index (κ1) is 9.24. The van der Waals surface area contributed by atoms with E-state index in [1.807, 2.05) is 0 Å². The molecular formula is C10H16N4. The van der Waals surface area contributed by atoms with Gasteiger partial charge >= 0.3 is 0 Å². The number of nitrogens with zero attached hydrogens (tertiary/aromatic N) is 3. The third kappa shape index (κ3) is 1.64. The first-order chi connectivity index (χ1) is 6.66. The van der Waals surface area contributed by atoms with Gasteiger partial charge in [-0.1, -0.05) is 6.92 Å². The molecule has 1 aliphatic heterocycles. The molecule has 2 unspecified atom stereocenters. The Morgan fingerprint density at radius 2 is 2.00 bits per heavy atom. The summed E-state index contributed by atoms with van der Waals surface area (Å²) in [6.45, 7) is 5.52. The lowest BCUT2D eigenvalue weighted by Gasteiger charge is -2.20. The highest BCUT2D eigenvalue weighted by molar-refractivity contribution is 5.39. The van der Waals surface area contributed by atoms with Gasteiger partial charge in [0, 0.05) is 12.6 Å². The van der Waals surface area contributed by atoms with Crippen molar-refractivity contribution >= 4 is 11.6 Å². The normalized spacial score (nSPS) is 26.9. The van der Waals surface area contributed by atoms with Crippen molar-refractivity contribution < 1.29 is 0 Å². The first-order valence-electron chi connectivity index (χ1n) is 5.01. The topological polar surface area (TPSA) is 55.0 Å². The Labute approximate surface area is 84.2 Å². The summed E-state index contributed by atoms with van der Waals surface area (Å²) in [7, 11) is 0. The Morgan fingerprint density at radius 3 is 2.50 bits per heavy atom. The van der Waals surface area contributed by atoms with E-state index in [4.69, 9.17) is 5.73 Å². The zero-order valence-corrected chi connectivity index (χ0v) is 8.64. The molecule has 0 radical (unpaired) electrons. The Kier molecular flexibility index (Phi) is 2.27. The number of anilines is 2. The average Bonchev–Trinajstić information content (AvgIpc) is 2.47. The van der Waals surface area contributed by atoms with E-state index < -0.39 is 0 Å². The van der Waals surface area contributed by atoms with Crippen LogP contribution in [0, 0.1) is 5.92 Å². The Bertz CT molecular complexity index is 308. The molecule has 14 heavy (non-hydrogen) atoms. The number of aromatic nitrogens is 2. The molecule has 4 heteroatoms. The van der Waals surface area contributed by atoms with Crippen molar-refractivity contribution in [3.05, 3.63) is 12.4 Å². The first-order valence-corrected chi connectivity index (χ1v) is 5.01. The molecule has 2 heterocycles. The van der Waals surface area contributed by atoms with Crippen LogP contribution in [-0.4, -0.2) is 22.6 Å². The van der Waals surface area contributed by atoms with Gasteiger partial charge in [-0.05, 0) is 19.3 Å². The van der Waals surface area contributed by atoms with Gasteiger partial charge in [-0.3, -0.25) is 0 Å². The fourth-order valence-electron chi connectivity index (χ4n) is 2.06. The highest BCUT2D eigenvalue weighted by Gasteiger charge is 2.27. The zero-order valence-electron chi connectivity index (χ0n) is 8.64.